The van der Waals surface area contributed by atoms with E-state index in [9.17, 15) is 4.79 Å². The van der Waals surface area contributed by atoms with Crippen molar-refractivity contribution in [3.63, 3.8) is 0 Å². The SMILES string of the molecule is COc1c(OCC2CC2)nc[nH]c1=O. The van der Waals surface area contributed by atoms with Crippen molar-refractivity contribution in [3.8, 4) is 11.6 Å². The number of H-pyrrole nitrogens is 1. The topological polar surface area (TPSA) is 64.2 Å². The lowest BCUT2D eigenvalue weighted by Crippen LogP contribution is -2.13. The lowest BCUT2D eigenvalue weighted by atomic mass is 10.4. The van der Waals surface area contributed by atoms with Gasteiger partial charge < -0.3 is 14.5 Å². The Balaban J connectivity index is 2.13. The third-order valence-corrected chi connectivity index (χ3v) is 2.13. The molecule has 1 saturated carbocycles. The number of nitrogens with zero attached hydrogens (tertiary/aromatic N) is 1. The van der Waals surface area contributed by atoms with Gasteiger partial charge in [-0.05, 0) is 18.8 Å². The molecule has 0 bridgehead atoms. The predicted molar refractivity (Wildman–Crippen MR) is 49.6 cm³/mol. The van der Waals surface area contributed by atoms with E-state index in [4.69, 9.17) is 9.47 Å². The molecule has 0 atom stereocenters. The molecule has 0 aliphatic heterocycles. The van der Waals surface area contributed by atoms with Crippen LogP contribution in [0.4, 0.5) is 0 Å². The monoisotopic (exact) mass is 196 g/mol. The van der Waals surface area contributed by atoms with E-state index in [2.05, 4.69) is 9.97 Å². The van der Waals surface area contributed by atoms with Gasteiger partial charge in [-0.3, -0.25) is 4.79 Å². The molecule has 0 unspecified atom stereocenters. The second-order valence-corrected chi connectivity index (χ2v) is 3.32. The molecule has 5 nitrogen and oxygen atoms in total. The van der Waals surface area contributed by atoms with E-state index < -0.39 is 0 Å². The number of hydrogen-bond donors (Lipinski definition) is 1. The van der Waals surface area contributed by atoms with Crippen LogP contribution in [0.5, 0.6) is 11.6 Å². The minimum Gasteiger partial charge on any atom is -0.487 e. The summed E-state index contributed by atoms with van der Waals surface area (Å²) in [4.78, 5) is 17.6. The third-order valence-electron chi connectivity index (χ3n) is 2.13. The number of hydrogen-bond acceptors (Lipinski definition) is 4. The van der Waals surface area contributed by atoms with Gasteiger partial charge in [-0.15, -0.1) is 0 Å². The van der Waals surface area contributed by atoms with Gasteiger partial charge in [0.15, 0.2) is 0 Å². The zero-order valence-corrected chi connectivity index (χ0v) is 7.95. The molecule has 1 heterocycles. The van der Waals surface area contributed by atoms with Gasteiger partial charge in [-0.1, -0.05) is 0 Å². The Bertz CT molecular complexity index is 371. The van der Waals surface area contributed by atoms with E-state index in [1.807, 2.05) is 0 Å². The van der Waals surface area contributed by atoms with Crippen molar-refractivity contribution >= 4 is 0 Å². The summed E-state index contributed by atoms with van der Waals surface area (Å²) in [7, 11) is 1.43. The maximum Gasteiger partial charge on any atom is 0.297 e. The lowest BCUT2D eigenvalue weighted by Gasteiger charge is -2.06. The first-order valence-electron chi connectivity index (χ1n) is 4.55. The number of rotatable bonds is 4. The maximum absolute atomic E-state index is 11.2. The molecule has 1 aromatic heterocycles. The fraction of sp³-hybridized carbons (Fsp3) is 0.556. The Morgan fingerprint density at radius 1 is 1.64 bits per heavy atom. The van der Waals surface area contributed by atoms with Crippen LogP contribution < -0.4 is 15.0 Å². The first-order valence-corrected chi connectivity index (χ1v) is 4.55. The van der Waals surface area contributed by atoms with Crippen LogP contribution in [0.1, 0.15) is 12.8 Å². The Morgan fingerprint density at radius 2 is 2.43 bits per heavy atom. The van der Waals surface area contributed by atoms with Crippen LogP contribution in [-0.2, 0) is 0 Å². The molecule has 0 spiro atoms. The molecule has 0 amide bonds. The Morgan fingerprint density at radius 3 is 3.07 bits per heavy atom. The first-order chi connectivity index (χ1) is 6.81. The summed E-state index contributed by atoms with van der Waals surface area (Å²) in [5, 5.41) is 0. The normalized spacial score (nSPS) is 15.2. The summed E-state index contributed by atoms with van der Waals surface area (Å²) in [6, 6.07) is 0. The second kappa shape index (κ2) is 3.69. The van der Waals surface area contributed by atoms with Crippen molar-refractivity contribution in [2.75, 3.05) is 13.7 Å². The molecule has 0 saturated heterocycles. The second-order valence-electron chi connectivity index (χ2n) is 3.32. The van der Waals surface area contributed by atoms with Crippen LogP contribution in [0.15, 0.2) is 11.1 Å². The third kappa shape index (κ3) is 1.86. The minimum absolute atomic E-state index is 0.146. The zero-order chi connectivity index (χ0) is 9.97. The Labute approximate surface area is 81.1 Å². The summed E-state index contributed by atoms with van der Waals surface area (Å²) in [5.41, 5.74) is -0.312. The molecule has 1 aliphatic rings. The van der Waals surface area contributed by atoms with Gasteiger partial charge in [0, 0.05) is 0 Å². The fourth-order valence-electron chi connectivity index (χ4n) is 1.13. The number of methoxy groups -OCH3 is 1. The average Bonchev–Trinajstić information content (AvgIpc) is 2.98. The Kier molecular flexibility index (Phi) is 2.39. The summed E-state index contributed by atoms with van der Waals surface area (Å²) < 4.78 is 10.3. The van der Waals surface area contributed by atoms with Crippen LogP contribution in [-0.4, -0.2) is 23.7 Å². The molecule has 1 aliphatic carbocycles. The lowest BCUT2D eigenvalue weighted by molar-refractivity contribution is 0.266. The molecule has 14 heavy (non-hydrogen) atoms. The molecule has 0 radical (unpaired) electrons. The summed E-state index contributed by atoms with van der Waals surface area (Å²) in [6.07, 6.45) is 3.71. The highest BCUT2D eigenvalue weighted by atomic mass is 16.5. The fourth-order valence-corrected chi connectivity index (χ4v) is 1.13. The van der Waals surface area contributed by atoms with Gasteiger partial charge >= 0.3 is 0 Å². The molecule has 2 rings (SSSR count). The summed E-state index contributed by atoms with van der Waals surface area (Å²) >= 11 is 0. The highest BCUT2D eigenvalue weighted by molar-refractivity contribution is 5.29. The maximum atomic E-state index is 11.2. The molecule has 1 fully saturated rings. The van der Waals surface area contributed by atoms with E-state index in [-0.39, 0.29) is 17.2 Å². The van der Waals surface area contributed by atoms with Crippen molar-refractivity contribution in [2.24, 2.45) is 5.92 Å². The van der Waals surface area contributed by atoms with Crippen LogP contribution in [0.3, 0.4) is 0 Å². The first kappa shape index (κ1) is 9.05. The van der Waals surface area contributed by atoms with Crippen molar-refractivity contribution in [1.82, 2.24) is 9.97 Å². The molecular weight excluding hydrogens is 184 g/mol. The zero-order valence-electron chi connectivity index (χ0n) is 7.95. The van der Waals surface area contributed by atoms with E-state index in [0.717, 1.165) is 0 Å². The van der Waals surface area contributed by atoms with Gasteiger partial charge in [0.1, 0.15) is 0 Å². The van der Waals surface area contributed by atoms with Crippen molar-refractivity contribution < 1.29 is 9.47 Å². The number of ether oxygens (including phenoxy) is 2. The van der Waals surface area contributed by atoms with Gasteiger partial charge in [-0.2, -0.15) is 0 Å². The van der Waals surface area contributed by atoms with Crippen molar-refractivity contribution in [3.05, 3.63) is 16.7 Å². The molecule has 76 valence electrons. The van der Waals surface area contributed by atoms with E-state index in [0.29, 0.717) is 12.5 Å². The molecule has 1 N–H and O–H groups in total. The Hall–Kier alpha value is -1.52. The van der Waals surface area contributed by atoms with E-state index in [1.165, 1.54) is 26.3 Å². The highest BCUT2D eigenvalue weighted by Gasteiger charge is 2.23. The van der Waals surface area contributed by atoms with Crippen LogP contribution in [0.25, 0.3) is 0 Å². The molecule has 0 aromatic carbocycles. The van der Waals surface area contributed by atoms with Gasteiger partial charge in [0.05, 0.1) is 20.0 Å². The van der Waals surface area contributed by atoms with Crippen LogP contribution >= 0.6 is 0 Å². The number of aromatic nitrogens is 2. The number of aromatic amines is 1. The average molecular weight is 196 g/mol. The largest absolute Gasteiger partial charge is 0.487 e. The highest BCUT2D eigenvalue weighted by Crippen LogP contribution is 2.30. The van der Waals surface area contributed by atoms with Gasteiger partial charge in [-0.25, -0.2) is 4.98 Å². The van der Waals surface area contributed by atoms with Crippen LogP contribution in [0, 0.1) is 5.92 Å². The van der Waals surface area contributed by atoms with Crippen molar-refractivity contribution in [2.45, 2.75) is 12.8 Å². The molecular formula is C9H12N2O3. The van der Waals surface area contributed by atoms with Crippen molar-refractivity contribution in [1.29, 1.82) is 0 Å². The standard InChI is InChI=1S/C9H12N2O3/c1-13-7-8(12)10-5-11-9(7)14-4-6-2-3-6/h5-6H,2-4H2,1H3,(H,10,11,12). The summed E-state index contributed by atoms with van der Waals surface area (Å²) in [6.45, 7) is 0.618. The number of nitrogens with one attached hydrogen (secondary N) is 1. The van der Waals surface area contributed by atoms with Crippen LogP contribution in [0.2, 0.25) is 0 Å². The van der Waals surface area contributed by atoms with Gasteiger partial charge in [0.25, 0.3) is 11.4 Å². The van der Waals surface area contributed by atoms with E-state index in [1.54, 1.807) is 0 Å². The smallest absolute Gasteiger partial charge is 0.297 e. The molecule has 5 heteroatoms. The minimum atomic E-state index is -0.312. The summed E-state index contributed by atoms with van der Waals surface area (Å²) in [5.74, 6) is 1.05. The van der Waals surface area contributed by atoms with E-state index >= 15 is 0 Å². The quantitative estimate of drug-likeness (QED) is 0.764. The predicted octanol–water partition coefficient (Wildman–Crippen LogP) is 0.567. The van der Waals surface area contributed by atoms with Gasteiger partial charge in [0.2, 0.25) is 5.75 Å². The molecule has 1 aromatic rings.